The van der Waals surface area contributed by atoms with Crippen molar-refractivity contribution in [1.29, 1.82) is 0 Å². The molecular formula is C29H25BrN2O6. The standard InChI is InChI=1S/C29H25BrN2O6/c1-18(37-24-11-8-19-6-4-5-7-20(19)15-24)28(33)32-31-17-22-14-23(30)10-13-25(22)38-29(34)21-9-12-26(35-2)27(16-21)36-3/h4-18H,1-3H3,(H,32,33)/b31-17+. The van der Waals surface area contributed by atoms with Crippen LogP contribution in [0.5, 0.6) is 23.0 Å². The Balaban J connectivity index is 1.42. The summed E-state index contributed by atoms with van der Waals surface area (Å²) >= 11 is 3.40. The average molecular weight is 577 g/mol. The molecule has 1 unspecified atom stereocenters. The number of nitrogens with one attached hydrogen (secondary N) is 1. The van der Waals surface area contributed by atoms with Gasteiger partial charge in [-0.2, -0.15) is 5.10 Å². The molecule has 0 bridgehead atoms. The highest BCUT2D eigenvalue weighted by Gasteiger charge is 2.16. The molecule has 0 aliphatic rings. The molecule has 1 atom stereocenters. The fourth-order valence-electron chi connectivity index (χ4n) is 3.59. The predicted molar refractivity (Wildman–Crippen MR) is 148 cm³/mol. The van der Waals surface area contributed by atoms with Crippen molar-refractivity contribution in [1.82, 2.24) is 5.43 Å². The van der Waals surface area contributed by atoms with Gasteiger partial charge in [0.15, 0.2) is 17.6 Å². The van der Waals surface area contributed by atoms with Gasteiger partial charge in [-0.3, -0.25) is 4.79 Å². The summed E-state index contributed by atoms with van der Waals surface area (Å²) < 4.78 is 22.6. The molecule has 0 heterocycles. The highest BCUT2D eigenvalue weighted by molar-refractivity contribution is 9.10. The SMILES string of the molecule is COc1ccc(C(=O)Oc2ccc(Br)cc2/C=N/NC(=O)C(C)Oc2ccc3ccccc3c2)cc1OC. The molecule has 0 saturated carbocycles. The molecule has 0 radical (unpaired) electrons. The number of hydrogen-bond donors (Lipinski definition) is 1. The first kappa shape index (κ1) is 26.7. The Bertz CT molecular complexity index is 1500. The Hall–Kier alpha value is -4.37. The Kier molecular flexibility index (Phi) is 8.60. The van der Waals surface area contributed by atoms with Crippen LogP contribution in [0.25, 0.3) is 10.8 Å². The Labute approximate surface area is 228 Å². The third-order valence-corrected chi connectivity index (χ3v) is 6.07. The van der Waals surface area contributed by atoms with E-state index in [0.717, 1.165) is 15.2 Å². The number of halogens is 1. The molecule has 0 saturated heterocycles. The first-order valence-electron chi connectivity index (χ1n) is 11.6. The number of nitrogens with zero attached hydrogens (tertiary/aromatic N) is 1. The summed E-state index contributed by atoms with van der Waals surface area (Å²) in [6.45, 7) is 1.63. The highest BCUT2D eigenvalue weighted by atomic mass is 79.9. The lowest BCUT2D eigenvalue weighted by Gasteiger charge is -2.13. The maximum absolute atomic E-state index is 12.8. The number of methoxy groups -OCH3 is 2. The smallest absolute Gasteiger partial charge is 0.343 e. The van der Waals surface area contributed by atoms with E-state index in [9.17, 15) is 9.59 Å². The number of hydrazone groups is 1. The zero-order valence-electron chi connectivity index (χ0n) is 20.9. The number of benzene rings is 4. The molecule has 0 fully saturated rings. The quantitative estimate of drug-likeness (QED) is 0.118. The van der Waals surface area contributed by atoms with Crippen LogP contribution in [0.1, 0.15) is 22.8 Å². The Morgan fingerprint density at radius 2 is 1.61 bits per heavy atom. The minimum atomic E-state index is -0.793. The van der Waals surface area contributed by atoms with Gasteiger partial charge in [-0.25, -0.2) is 10.2 Å². The molecule has 9 heteroatoms. The molecule has 1 amide bonds. The van der Waals surface area contributed by atoms with Crippen LogP contribution in [0.3, 0.4) is 0 Å². The first-order chi connectivity index (χ1) is 18.4. The summed E-state index contributed by atoms with van der Waals surface area (Å²) in [5.74, 6) is 0.702. The predicted octanol–water partition coefficient (Wildman–Crippen LogP) is 5.76. The molecule has 4 rings (SSSR count). The van der Waals surface area contributed by atoms with Gasteiger partial charge >= 0.3 is 5.97 Å². The summed E-state index contributed by atoms with van der Waals surface area (Å²) in [7, 11) is 3.00. The molecular weight excluding hydrogens is 552 g/mol. The Morgan fingerprint density at radius 1 is 0.868 bits per heavy atom. The van der Waals surface area contributed by atoms with Gasteiger partial charge in [-0.05, 0) is 66.2 Å². The van der Waals surface area contributed by atoms with Gasteiger partial charge in [0.2, 0.25) is 0 Å². The molecule has 38 heavy (non-hydrogen) atoms. The number of esters is 1. The van der Waals surface area contributed by atoms with Crippen molar-refractivity contribution < 1.29 is 28.5 Å². The van der Waals surface area contributed by atoms with Crippen LogP contribution < -0.4 is 24.4 Å². The van der Waals surface area contributed by atoms with Crippen LogP contribution >= 0.6 is 15.9 Å². The van der Waals surface area contributed by atoms with Gasteiger partial charge in [0.05, 0.1) is 26.0 Å². The van der Waals surface area contributed by atoms with E-state index >= 15 is 0 Å². The average Bonchev–Trinajstić information content (AvgIpc) is 2.93. The van der Waals surface area contributed by atoms with E-state index in [4.69, 9.17) is 18.9 Å². The summed E-state index contributed by atoms with van der Waals surface area (Å²) in [6.07, 6.45) is 0.598. The molecule has 0 aliphatic heterocycles. The lowest BCUT2D eigenvalue weighted by atomic mass is 10.1. The minimum Gasteiger partial charge on any atom is -0.493 e. The van der Waals surface area contributed by atoms with Crippen molar-refractivity contribution in [3.05, 3.63) is 94.5 Å². The van der Waals surface area contributed by atoms with Crippen molar-refractivity contribution in [3.63, 3.8) is 0 Å². The Morgan fingerprint density at radius 3 is 2.37 bits per heavy atom. The number of amides is 1. The maximum Gasteiger partial charge on any atom is 0.343 e. The van der Waals surface area contributed by atoms with E-state index in [1.165, 1.54) is 26.5 Å². The van der Waals surface area contributed by atoms with Crippen LogP contribution in [0, 0.1) is 0 Å². The zero-order chi connectivity index (χ0) is 27.1. The zero-order valence-corrected chi connectivity index (χ0v) is 22.5. The number of carbonyl (C=O) groups excluding carboxylic acids is 2. The fraction of sp³-hybridized carbons (Fsp3) is 0.138. The number of carbonyl (C=O) groups is 2. The first-order valence-corrected chi connectivity index (χ1v) is 12.4. The summed E-state index contributed by atoms with van der Waals surface area (Å²) in [5.41, 5.74) is 3.22. The van der Waals surface area contributed by atoms with Crippen molar-refractivity contribution in [2.45, 2.75) is 13.0 Å². The summed E-state index contributed by atoms with van der Waals surface area (Å²) in [5, 5.41) is 6.13. The number of fused-ring (bicyclic) bond motifs is 1. The van der Waals surface area contributed by atoms with Gasteiger partial charge in [0.25, 0.3) is 5.91 Å². The minimum absolute atomic E-state index is 0.256. The second-order valence-electron chi connectivity index (χ2n) is 8.14. The van der Waals surface area contributed by atoms with Crippen LogP contribution in [-0.4, -0.2) is 38.4 Å². The molecule has 4 aromatic carbocycles. The van der Waals surface area contributed by atoms with Gasteiger partial charge in [-0.1, -0.05) is 46.3 Å². The largest absolute Gasteiger partial charge is 0.493 e. The van der Waals surface area contributed by atoms with Gasteiger partial charge in [0, 0.05) is 10.0 Å². The fourth-order valence-corrected chi connectivity index (χ4v) is 3.97. The normalized spacial score (nSPS) is 11.7. The van der Waals surface area contributed by atoms with Crippen molar-refractivity contribution in [2.75, 3.05) is 14.2 Å². The monoisotopic (exact) mass is 576 g/mol. The van der Waals surface area contributed by atoms with Gasteiger partial charge in [0.1, 0.15) is 11.5 Å². The third-order valence-electron chi connectivity index (χ3n) is 5.58. The van der Waals surface area contributed by atoms with Crippen LogP contribution in [0.4, 0.5) is 0 Å². The summed E-state index contributed by atoms with van der Waals surface area (Å²) in [4.78, 5) is 25.3. The molecule has 0 aliphatic carbocycles. The summed E-state index contributed by atoms with van der Waals surface area (Å²) in [6, 6.07) is 23.3. The second kappa shape index (κ2) is 12.2. The molecule has 0 aromatic heterocycles. The van der Waals surface area contributed by atoms with Crippen LogP contribution in [0.15, 0.2) is 88.4 Å². The van der Waals surface area contributed by atoms with E-state index < -0.39 is 18.0 Å². The topological polar surface area (TPSA) is 95.5 Å². The van der Waals surface area contributed by atoms with E-state index in [1.807, 2.05) is 42.5 Å². The van der Waals surface area contributed by atoms with E-state index in [-0.39, 0.29) is 11.3 Å². The number of ether oxygens (including phenoxy) is 4. The van der Waals surface area contributed by atoms with Crippen molar-refractivity contribution in [3.8, 4) is 23.0 Å². The highest BCUT2D eigenvalue weighted by Crippen LogP contribution is 2.29. The van der Waals surface area contributed by atoms with Crippen LogP contribution in [0.2, 0.25) is 0 Å². The number of rotatable bonds is 9. The molecule has 4 aromatic rings. The van der Waals surface area contributed by atoms with Gasteiger partial charge < -0.3 is 18.9 Å². The lowest BCUT2D eigenvalue weighted by molar-refractivity contribution is -0.127. The van der Waals surface area contributed by atoms with E-state index in [0.29, 0.717) is 22.8 Å². The number of hydrogen-bond acceptors (Lipinski definition) is 7. The third kappa shape index (κ3) is 6.49. The van der Waals surface area contributed by atoms with E-state index in [2.05, 4.69) is 26.5 Å². The van der Waals surface area contributed by atoms with E-state index in [1.54, 1.807) is 37.3 Å². The molecule has 8 nitrogen and oxygen atoms in total. The second-order valence-corrected chi connectivity index (χ2v) is 9.06. The van der Waals surface area contributed by atoms with Crippen LogP contribution in [-0.2, 0) is 4.79 Å². The molecule has 194 valence electrons. The lowest BCUT2D eigenvalue weighted by Crippen LogP contribution is -2.33. The molecule has 1 N–H and O–H groups in total. The van der Waals surface area contributed by atoms with Crippen molar-refractivity contribution in [2.24, 2.45) is 5.10 Å². The van der Waals surface area contributed by atoms with Gasteiger partial charge in [-0.15, -0.1) is 0 Å². The maximum atomic E-state index is 12.8. The van der Waals surface area contributed by atoms with Crippen molar-refractivity contribution >= 4 is 44.8 Å². The molecule has 0 spiro atoms.